The largest absolute Gasteiger partial charge is 0.454 e. The second-order valence-electron chi connectivity index (χ2n) is 21.4. The third kappa shape index (κ3) is 7.05. The topological polar surface area (TPSA) is 32.8 Å². The van der Waals surface area contributed by atoms with Crippen LogP contribution < -0.4 is 9.80 Å². The summed E-state index contributed by atoms with van der Waals surface area (Å²) in [4.78, 5) is 4.82. The minimum atomic E-state index is 0.842. The van der Waals surface area contributed by atoms with Gasteiger partial charge in [-0.25, -0.2) is 0 Å². The Morgan fingerprint density at radius 3 is 1.04 bits per heavy atom. The van der Waals surface area contributed by atoms with E-state index in [2.05, 4.69) is 301 Å². The fourth-order valence-electron chi connectivity index (χ4n) is 13.3. The van der Waals surface area contributed by atoms with Crippen LogP contribution in [0, 0.1) is 0 Å². The summed E-state index contributed by atoms with van der Waals surface area (Å²) in [5, 5.41) is 18.3. The van der Waals surface area contributed by atoms with E-state index in [4.69, 9.17) is 8.83 Å². The summed E-state index contributed by atoms with van der Waals surface area (Å²) < 4.78 is 14.3. The van der Waals surface area contributed by atoms with Gasteiger partial charge in [0, 0.05) is 43.7 Å². The molecule has 0 aliphatic rings. The number of hydrogen-bond acceptors (Lipinski definition) is 4. The molecular formula is C78H48N2O2. The summed E-state index contributed by atoms with van der Waals surface area (Å²) in [7, 11) is 0. The second kappa shape index (κ2) is 18.3. The zero-order valence-corrected chi connectivity index (χ0v) is 44.4. The number of furan rings is 2. The van der Waals surface area contributed by atoms with E-state index in [1.165, 1.54) is 32.5 Å². The molecular weight excluding hydrogens is 997 g/mol. The van der Waals surface area contributed by atoms with Gasteiger partial charge in [0.15, 0.2) is 11.2 Å². The highest BCUT2D eigenvalue weighted by molar-refractivity contribution is 6.31. The van der Waals surface area contributed by atoms with Crippen LogP contribution in [0.2, 0.25) is 0 Å². The molecule has 17 aromatic rings. The Morgan fingerprint density at radius 2 is 0.573 bits per heavy atom. The Labute approximate surface area is 472 Å². The van der Waals surface area contributed by atoms with Crippen molar-refractivity contribution in [3.05, 3.63) is 291 Å². The van der Waals surface area contributed by atoms with E-state index >= 15 is 0 Å². The molecule has 2 aromatic heterocycles. The number of para-hydroxylation sites is 1. The van der Waals surface area contributed by atoms with Gasteiger partial charge in [-0.15, -0.1) is 0 Å². The fraction of sp³-hybridized carbons (Fsp3) is 0. The first-order valence-electron chi connectivity index (χ1n) is 28.1. The molecule has 0 atom stereocenters. The quantitative estimate of drug-likeness (QED) is 0.152. The molecule has 0 saturated carbocycles. The van der Waals surface area contributed by atoms with Crippen molar-refractivity contribution in [2.75, 3.05) is 9.80 Å². The molecule has 382 valence electrons. The molecule has 0 aliphatic heterocycles. The average Bonchev–Trinajstić information content (AvgIpc) is 4.33. The van der Waals surface area contributed by atoms with Crippen LogP contribution in [0.3, 0.4) is 0 Å². The van der Waals surface area contributed by atoms with Gasteiger partial charge in [-0.1, -0.05) is 231 Å². The number of anilines is 6. The van der Waals surface area contributed by atoms with Gasteiger partial charge in [0.25, 0.3) is 0 Å². The van der Waals surface area contributed by atoms with Gasteiger partial charge in [-0.3, -0.25) is 0 Å². The summed E-state index contributed by atoms with van der Waals surface area (Å²) in [5.41, 5.74) is 14.1. The second-order valence-corrected chi connectivity index (χ2v) is 21.4. The normalized spacial score (nSPS) is 11.9. The van der Waals surface area contributed by atoms with Crippen LogP contribution in [0.4, 0.5) is 34.1 Å². The number of nitrogens with zero attached hydrogens (tertiary/aromatic N) is 2. The van der Waals surface area contributed by atoms with E-state index in [1.54, 1.807) is 0 Å². The molecule has 0 fully saturated rings. The Hall–Kier alpha value is -10.9. The molecule has 2 heterocycles. The van der Waals surface area contributed by atoms with Gasteiger partial charge in [0.2, 0.25) is 0 Å². The lowest BCUT2D eigenvalue weighted by Crippen LogP contribution is -2.11. The Kier molecular flexibility index (Phi) is 10.3. The first-order chi connectivity index (χ1) is 40.7. The number of hydrogen-bond donors (Lipinski definition) is 0. The molecule has 15 aromatic carbocycles. The molecule has 0 spiro atoms. The van der Waals surface area contributed by atoms with Crippen molar-refractivity contribution >= 4 is 143 Å². The summed E-state index contributed by atoms with van der Waals surface area (Å²) in [5.74, 6) is 0. The number of fused-ring (bicyclic) bond motifs is 16. The highest BCUT2D eigenvalue weighted by Gasteiger charge is 2.28. The first-order valence-corrected chi connectivity index (χ1v) is 28.1. The van der Waals surface area contributed by atoms with Crippen LogP contribution >= 0.6 is 0 Å². The fourth-order valence-corrected chi connectivity index (χ4v) is 13.3. The van der Waals surface area contributed by atoms with Gasteiger partial charge < -0.3 is 18.6 Å². The molecule has 17 rings (SSSR count). The van der Waals surface area contributed by atoms with Gasteiger partial charge >= 0.3 is 0 Å². The Balaban J connectivity index is 0.889. The van der Waals surface area contributed by atoms with Gasteiger partial charge in [0.1, 0.15) is 11.2 Å². The highest BCUT2D eigenvalue weighted by atomic mass is 16.3. The highest BCUT2D eigenvalue weighted by Crippen LogP contribution is 2.52. The lowest BCUT2D eigenvalue weighted by atomic mass is 9.91. The maximum atomic E-state index is 7.19. The SMILES string of the molecule is c1ccc(-c2ccc(N(c3ccc(-c4ccc(N(c5ccccc5)c5cc6ccccc6c6c5oc5ccc7ccccc7c56)c5ccccc45)c4ccccc34)c3cc4ccccc4c4c3oc3ccc5ccccc5c34)cc2)cc1. The van der Waals surface area contributed by atoms with Gasteiger partial charge in [-0.2, -0.15) is 0 Å². The molecule has 4 nitrogen and oxygen atoms in total. The summed E-state index contributed by atoms with van der Waals surface area (Å²) in [6.45, 7) is 0. The molecule has 0 aliphatic carbocycles. The van der Waals surface area contributed by atoms with E-state index in [0.717, 1.165) is 132 Å². The van der Waals surface area contributed by atoms with Crippen molar-refractivity contribution in [1.29, 1.82) is 0 Å². The standard InChI is InChI=1S/C78H48N2O2/c1-3-19-49(20-4-1)50-35-39-56(40-36-50)80(70-48-54-24-10-14-30-60(54)76-74-58-28-12-8-22-52(58)38-46-72(74)82-78(70)76)68-44-42-64(62-32-16-18-34-66(62)68)63-41-43-67(65-33-17-15-31-61(63)65)79(55-25-5-2-6-26-55)69-47-53-23-9-13-29-59(53)75-73-57-27-11-7-21-51(57)37-45-71(73)81-77(69)75/h1-48H. The van der Waals surface area contributed by atoms with Gasteiger partial charge in [0.05, 0.1) is 22.7 Å². The smallest absolute Gasteiger partial charge is 0.160 e. The van der Waals surface area contributed by atoms with Gasteiger partial charge in [-0.05, 0) is 137 Å². The lowest BCUT2D eigenvalue weighted by molar-refractivity contribution is 0.669. The maximum Gasteiger partial charge on any atom is 0.160 e. The monoisotopic (exact) mass is 1040 g/mol. The molecule has 0 unspecified atom stereocenters. The molecule has 82 heavy (non-hydrogen) atoms. The van der Waals surface area contributed by atoms with Crippen molar-refractivity contribution in [3.8, 4) is 22.3 Å². The average molecular weight is 1050 g/mol. The van der Waals surface area contributed by atoms with Crippen molar-refractivity contribution in [1.82, 2.24) is 0 Å². The minimum absolute atomic E-state index is 0.842. The molecule has 0 saturated heterocycles. The van der Waals surface area contributed by atoms with Crippen LogP contribution in [-0.2, 0) is 0 Å². The third-order valence-electron chi connectivity index (χ3n) is 17.0. The molecule has 0 N–H and O–H groups in total. The summed E-state index contributed by atoms with van der Waals surface area (Å²) in [6.07, 6.45) is 0. The van der Waals surface area contributed by atoms with Crippen molar-refractivity contribution in [2.45, 2.75) is 0 Å². The van der Waals surface area contributed by atoms with Crippen LogP contribution in [0.5, 0.6) is 0 Å². The zero-order valence-electron chi connectivity index (χ0n) is 44.4. The van der Waals surface area contributed by atoms with Crippen LogP contribution in [0.15, 0.2) is 300 Å². The summed E-state index contributed by atoms with van der Waals surface area (Å²) >= 11 is 0. The lowest BCUT2D eigenvalue weighted by Gasteiger charge is -2.29. The molecule has 4 heteroatoms. The van der Waals surface area contributed by atoms with E-state index in [1.807, 2.05) is 0 Å². The van der Waals surface area contributed by atoms with E-state index in [9.17, 15) is 0 Å². The van der Waals surface area contributed by atoms with E-state index in [0.29, 0.717) is 0 Å². The Bertz CT molecular complexity index is 5410. The minimum Gasteiger partial charge on any atom is -0.454 e. The number of benzene rings is 15. The molecule has 0 bridgehead atoms. The predicted molar refractivity (Wildman–Crippen MR) is 346 cm³/mol. The van der Waals surface area contributed by atoms with E-state index in [-0.39, 0.29) is 0 Å². The van der Waals surface area contributed by atoms with E-state index < -0.39 is 0 Å². The first kappa shape index (κ1) is 46.0. The van der Waals surface area contributed by atoms with Crippen molar-refractivity contribution < 1.29 is 8.83 Å². The molecule has 0 radical (unpaired) electrons. The summed E-state index contributed by atoms with van der Waals surface area (Å²) in [6, 6.07) is 105. The van der Waals surface area contributed by atoms with Crippen LogP contribution in [0.1, 0.15) is 0 Å². The zero-order chi connectivity index (χ0) is 53.8. The Morgan fingerprint density at radius 1 is 0.220 bits per heavy atom. The predicted octanol–water partition coefficient (Wildman–Crippen LogP) is 22.7. The number of rotatable bonds is 8. The van der Waals surface area contributed by atoms with Crippen LogP contribution in [0.25, 0.3) is 131 Å². The van der Waals surface area contributed by atoms with Crippen molar-refractivity contribution in [2.24, 2.45) is 0 Å². The maximum absolute atomic E-state index is 7.19. The van der Waals surface area contributed by atoms with Crippen molar-refractivity contribution in [3.63, 3.8) is 0 Å². The third-order valence-corrected chi connectivity index (χ3v) is 17.0. The molecule has 0 amide bonds. The van der Waals surface area contributed by atoms with Crippen LogP contribution in [-0.4, -0.2) is 0 Å².